The standard InChI is InChI=1S/C15H14FNO2S/c1-2-18-10-6-8-11(9-7-10)19-13-5-3-4-12(16)14(13)15(17)20/h3-9H,2H2,1H3,(H2,17,20). The van der Waals surface area contributed by atoms with E-state index in [9.17, 15) is 4.39 Å². The molecule has 0 bridgehead atoms. The highest BCUT2D eigenvalue weighted by atomic mass is 32.1. The van der Waals surface area contributed by atoms with Gasteiger partial charge in [0, 0.05) is 0 Å². The third-order valence-electron chi connectivity index (χ3n) is 2.58. The maximum Gasteiger partial charge on any atom is 0.140 e. The summed E-state index contributed by atoms with van der Waals surface area (Å²) in [6, 6.07) is 11.5. The second kappa shape index (κ2) is 6.34. The Bertz CT molecular complexity index is 614. The molecule has 0 fully saturated rings. The van der Waals surface area contributed by atoms with Crippen LogP contribution in [0.25, 0.3) is 0 Å². The topological polar surface area (TPSA) is 44.5 Å². The van der Waals surface area contributed by atoms with Gasteiger partial charge in [-0.2, -0.15) is 0 Å². The minimum absolute atomic E-state index is 0.0379. The summed E-state index contributed by atoms with van der Waals surface area (Å²) in [6.45, 7) is 2.50. The number of halogens is 1. The average molecular weight is 291 g/mol. The molecule has 2 aromatic rings. The average Bonchev–Trinajstić information content (AvgIpc) is 2.41. The van der Waals surface area contributed by atoms with Gasteiger partial charge in [0.2, 0.25) is 0 Å². The molecule has 0 amide bonds. The summed E-state index contributed by atoms with van der Waals surface area (Å²) in [5.74, 6) is 1.09. The fourth-order valence-electron chi connectivity index (χ4n) is 1.73. The van der Waals surface area contributed by atoms with Crippen molar-refractivity contribution in [3.8, 4) is 17.2 Å². The Morgan fingerprint density at radius 1 is 1.15 bits per heavy atom. The summed E-state index contributed by atoms with van der Waals surface area (Å²) in [7, 11) is 0. The molecule has 3 nitrogen and oxygen atoms in total. The van der Waals surface area contributed by atoms with E-state index in [0.29, 0.717) is 18.1 Å². The lowest BCUT2D eigenvalue weighted by molar-refractivity contribution is 0.339. The van der Waals surface area contributed by atoms with Gasteiger partial charge in [-0.3, -0.25) is 0 Å². The fraction of sp³-hybridized carbons (Fsp3) is 0.133. The van der Waals surface area contributed by atoms with Crippen LogP contribution in [0, 0.1) is 5.82 Å². The number of ether oxygens (including phenoxy) is 2. The highest BCUT2D eigenvalue weighted by Crippen LogP contribution is 2.28. The van der Waals surface area contributed by atoms with Crippen LogP contribution in [0.4, 0.5) is 4.39 Å². The number of thiocarbonyl (C=S) groups is 1. The van der Waals surface area contributed by atoms with Crippen LogP contribution in [0.1, 0.15) is 12.5 Å². The first-order chi connectivity index (χ1) is 9.61. The van der Waals surface area contributed by atoms with Gasteiger partial charge in [-0.05, 0) is 43.3 Å². The van der Waals surface area contributed by atoms with E-state index in [4.69, 9.17) is 27.4 Å². The van der Waals surface area contributed by atoms with Crippen LogP contribution in [0.3, 0.4) is 0 Å². The van der Waals surface area contributed by atoms with Gasteiger partial charge in [-0.15, -0.1) is 0 Å². The lowest BCUT2D eigenvalue weighted by atomic mass is 10.2. The van der Waals surface area contributed by atoms with Crippen molar-refractivity contribution in [2.75, 3.05) is 6.61 Å². The molecule has 0 aromatic heterocycles. The van der Waals surface area contributed by atoms with E-state index in [0.717, 1.165) is 5.75 Å². The molecule has 0 atom stereocenters. The SMILES string of the molecule is CCOc1ccc(Oc2cccc(F)c2C(N)=S)cc1. The first kappa shape index (κ1) is 14.3. The Morgan fingerprint density at radius 3 is 2.40 bits per heavy atom. The highest BCUT2D eigenvalue weighted by Gasteiger charge is 2.13. The van der Waals surface area contributed by atoms with E-state index in [1.165, 1.54) is 6.07 Å². The molecule has 0 saturated carbocycles. The van der Waals surface area contributed by atoms with Crippen molar-refractivity contribution in [2.45, 2.75) is 6.92 Å². The van der Waals surface area contributed by atoms with Gasteiger partial charge in [-0.25, -0.2) is 4.39 Å². The maximum absolute atomic E-state index is 13.7. The van der Waals surface area contributed by atoms with Crippen LogP contribution in [-0.4, -0.2) is 11.6 Å². The summed E-state index contributed by atoms with van der Waals surface area (Å²) in [5.41, 5.74) is 5.63. The Kier molecular flexibility index (Phi) is 4.53. The predicted molar refractivity (Wildman–Crippen MR) is 80.0 cm³/mol. The summed E-state index contributed by atoms with van der Waals surface area (Å²) in [5, 5.41) is 0. The first-order valence-corrected chi connectivity index (χ1v) is 6.51. The third-order valence-corrected chi connectivity index (χ3v) is 2.79. The van der Waals surface area contributed by atoms with Crippen LogP contribution in [0.2, 0.25) is 0 Å². The van der Waals surface area contributed by atoms with Gasteiger partial charge < -0.3 is 15.2 Å². The molecule has 2 N–H and O–H groups in total. The zero-order valence-electron chi connectivity index (χ0n) is 10.9. The Balaban J connectivity index is 2.26. The van der Waals surface area contributed by atoms with Crippen molar-refractivity contribution < 1.29 is 13.9 Å². The zero-order chi connectivity index (χ0) is 14.5. The lowest BCUT2D eigenvalue weighted by Gasteiger charge is -2.11. The van der Waals surface area contributed by atoms with Crippen LogP contribution >= 0.6 is 12.2 Å². The number of hydrogen-bond acceptors (Lipinski definition) is 3. The molecule has 2 rings (SSSR count). The van der Waals surface area contributed by atoms with E-state index < -0.39 is 5.82 Å². The molecule has 2 aromatic carbocycles. The second-order valence-electron chi connectivity index (χ2n) is 3.98. The van der Waals surface area contributed by atoms with E-state index in [1.54, 1.807) is 36.4 Å². The summed E-state index contributed by atoms with van der Waals surface area (Å²) in [6.07, 6.45) is 0. The number of benzene rings is 2. The molecular formula is C15H14FNO2S. The molecule has 0 unspecified atom stereocenters. The molecule has 0 aliphatic carbocycles. The van der Waals surface area contributed by atoms with Crippen LogP contribution in [0.15, 0.2) is 42.5 Å². The van der Waals surface area contributed by atoms with Gasteiger partial charge >= 0.3 is 0 Å². The number of nitrogens with two attached hydrogens (primary N) is 1. The van der Waals surface area contributed by atoms with Crippen molar-refractivity contribution in [1.82, 2.24) is 0 Å². The minimum atomic E-state index is -0.499. The van der Waals surface area contributed by atoms with E-state index in [-0.39, 0.29) is 10.6 Å². The van der Waals surface area contributed by atoms with Crippen molar-refractivity contribution in [2.24, 2.45) is 5.73 Å². The lowest BCUT2D eigenvalue weighted by Crippen LogP contribution is -2.13. The highest BCUT2D eigenvalue weighted by molar-refractivity contribution is 7.80. The minimum Gasteiger partial charge on any atom is -0.494 e. The van der Waals surface area contributed by atoms with E-state index in [1.807, 2.05) is 6.92 Å². The Hall–Kier alpha value is -2.14. The quantitative estimate of drug-likeness (QED) is 0.854. The molecule has 0 radical (unpaired) electrons. The van der Waals surface area contributed by atoms with Gasteiger partial charge in [-0.1, -0.05) is 18.3 Å². The third kappa shape index (κ3) is 3.24. The van der Waals surface area contributed by atoms with Gasteiger partial charge in [0.05, 0.1) is 12.2 Å². The van der Waals surface area contributed by atoms with Crippen molar-refractivity contribution >= 4 is 17.2 Å². The molecule has 20 heavy (non-hydrogen) atoms. The van der Waals surface area contributed by atoms with E-state index >= 15 is 0 Å². The maximum atomic E-state index is 13.7. The second-order valence-corrected chi connectivity index (χ2v) is 4.42. The molecule has 5 heteroatoms. The molecule has 0 spiro atoms. The largest absolute Gasteiger partial charge is 0.494 e. The van der Waals surface area contributed by atoms with E-state index in [2.05, 4.69) is 0 Å². The normalized spacial score (nSPS) is 10.1. The van der Waals surface area contributed by atoms with Crippen molar-refractivity contribution in [3.63, 3.8) is 0 Å². The molecule has 0 saturated heterocycles. The predicted octanol–water partition coefficient (Wildman–Crippen LogP) is 3.65. The summed E-state index contributed by atoms with van der Waals surface area (Å²) >= 11 is 4.85. The molecular weight excluding hydrogens is 277 g/mol. The number of hydrogen-bond donors (Lipinski definition) is 1. The molecule has 0 aliphatic rings. The first-order valence-electron chi connectivity index (χ1n) is 6.11. The molecule has 0 aliphatic heterocycles. The van der Waals surface area contributed by atoms with Crippen LogP contribution in [0.5, 0.6) is 17.2 Å². The van der Waals surface area contributed by atoms with Gasteiger partial charge in [0.1, 0.15) is 28.1 Å². The number of rotatable bonds is 5. The Morgan fingerprint density at radius 2 is 1.80 bits per heavy atom. The summed E-state index contributed by atoms with van der Waals surface area (Å²) < 4.78 is 24.7. The summed E-state index contributed by atoms with van der Waals surface area (Å²) in [4.78, 5) is -0.0379. The fourth-order valence-corrected chi connectivity index (χ4v) is 1.92. The Labute approximate surface area is 122 Å². The smallest absolute Gasteiger partial charge is 0.140 e. The van der Waals surface area contributed by atoms with Crippen molar-refractivity contribution in [1.29, 1.82) is 0 Å². The van der Waals surface area contributed by atoms with Gasteiger partial charge in [0.25, 0.3) is 0 Å². The van der Waals surface area contributed by atoms with Crippen LogP contribution in [-0.2, 0) is 0 Å². The van der Waals surface area contributed by atoms with Crippen LogP contribution < -0.4 is 15.2 Å². The monoisotopic (exact) mass is 291 g/mol. The molecule has 104 valence electrons. The molecule has 0 heterocycles. The van der Waals surface area contributed by atoms with Crippen molar-refractivity contribution in [3.05, 3.63) is 53.8 Å². The van der Waals surface area contributed by atoms with Gasteiger partial charge in [0.15, 0.2) is 0 Å². The zero-order valence-corrected chi connectivity index (χ0v) is 11.7.